The Morgan fingerprint density at radius 2 is 2.08 bits per heavy atom. The molecule has 25 heavy (non-hydrogen) atoms. The molecular formula is C21H28N2O2. The van der Waals surface area contributed by atoms with Gasteiger partial charge in [-0.25, -0.2) is 0 Å². The van der Waals surface area contributed by atoms with Gasteiger partial charge in [0.15, 0.2) is 0 Å². The third-order valence-electron chi connectivity index (χ3n) is 4.81. The third-order valence-corrected chi connectivity index (χ3v) is 4.81. The number of morpholine rings is 1. The maximum Gasteiger partial charge on any atom is 0.119 e. The first-order chi connectivity index (χ1) is 12.2. The average molecular weight is 340 g/mol. The molecule has 0 spiro atoms. The fourth-order valence-electron chi connectivity index (χ4n) is 3.31. The van der Waals surface area contributed by atoms with Crippen molar-refractivity contribution in [1.29, 1.82) is 0 Å². The lowest BCUT2D eigenvalue weighted by molar-refractivity contribution is 0.0930. The first kappa shape index (κ1) is 17.8. The van der Waals surface area contributed by atoms with Crippen LogP contribution in [0.3, 0.4) is 0 Å². The van der Waals surface area contributed by atoms with Gasteiger partial charge in [0.2, 0.25) is 0 Å². The van der Waals surface area contributed by atoms with E-state index in [1.165, 1.54) is 16.8 Å². The van der Waals surface area contributed by atoms with Crippen molar-refractivity contribution in [1.82, 2.24) is 5.32 Å². The van der Waals surface area contributed by atoms with Crippen LogP contribution >= 0.6 is 0 Å². The van der Waals surface area contributed by atoms with Crippen molar-refractivity contribution >= 4 is 5.69 Å². The molecule has 3 rings (SSSR count). The van der Waals surface area contributed by atoms with Crippen LogP contribution in [-0.2, 0) is 4.74 Å². The Hall–Kier alpha value is -2.04. The van der Waals surface area contributed by atoms with E-state index >= 15 is 0 Å². The van der Waals surface area contributed by atoms with Gasteiger partial charge in [0.25, 0.3) is 0 Å². The summed E-state index contributed by atoms with van der Waals surface area (Å²) < 4.78 is 11.1. The van der Waals surface area contributed by atoms with Crippen molar-refractivity contribution in [2.45, 2.75) is 25.9 Å². The van der Waals surface area contributed by atoms with Gasteiger partial charge in [0, 0.05) is 24.8 Å². The maximum absolute atomic E-state index is 5.74. The minimum absolute atomic E-state index is 0.261. The van der Waals surface area contributed by atoms with Gasteiger partial charge in [-0.05, 0) is 49.2 Å². The number of aryl methyl sites for hydroxylation is 1. The molecule has 2 aromatic rings. The van der Waals surface area contributed by atoms with Gasteiger partial charge < -0.3 is 19.7 Å². The number of hydrogen-bond acceptors (Lipinski definition) is 4. The van der Waals surface area contributed by atoms with Crippen LogP contribution in [0.2, 0.25) is 0 Å². The minimum atomic E-state index is 0.261. The quantitative estimate of drug-likeness (QED) is 0.872. The number of rotatable bonds is 6. The first-order valence-electron chi connectivity index (χ1n) is 8.96. The second kappa shape index (κ2) is 8.37. The molecule has 0 aliphatic carbocycles. The summed E-state index contributed by atoms with van der Waals surface area (Å²) in [5.74, 6) is 0.897. The van der Waals surface area contributed by atoms with E-state index in [-0.39, 0.29) is 6.04 Å². The van der Waals surface area contributed by atoms with Crippen LogP contribution in [0.25, 0.3) is 0 Å². The largest absolute Gasteiger partial charge is 0.497 e. The molecular weight excluding hydrogens is 312 g/mol. The number of hydrogen-bond donors (Lipinski definition) is 1. The molecule has 0 radical (unpaired) electrons. The Morgan fingerprint density at radius 1 is 1.24 bits per heavy atom. The average Bonchev–Trinajstić information content (AvgIpc) is 2.66. The standard InChI is InChI=1S/C21H28N2O2/c1-16-6-4-8-19(12-16)23-10-11-25-15-20(23)14-22-17(2)18-7-5-9-21(13-18)24-3/h4-9,12-13,17,20,22H,10-11,14-15H2,1-3H3/t17-,20?/m1/s1. The molecule has 0 bridgehead atoms. The predicted octanol–water partition coefficient (Wildman–Crippen LogP) is 3.56. The first-order valence-corrected chi connectivity index (χ1v) is 8.96. The van der Waals surface area contributed by atoms with Crippen molar-refractivity contribution < 1.29 is 9.47 Å². The molecule has 1 fully saturated rings. The predicted molar refractivity (Wildman–Crippen MR) is 103 cm³/mol. The Balaban J connectivity index is 1.65. The zero-order valence-corrected chi connectivity index (χ0v) is 15.4. The van der Waals surface area contributed by atoms with Gasteiger partial charge in [-0.1, -0.05) is 24.3 Å². The lowest BCUT2D eigenvalue weighted by atomic mass is 10.1. The Morgan fingerprint density at radius 3 is 2.88 bits per heavy atom. The topological polar surface area (TPSA) is 33.7 Å². The van der Waals surface area contributed by atoms with Crippen LogP contribution in [0.15, 0.2) is 48.5 Å². The van der Waals surface area contributed by atoms with Crippen molar-refractivity contribution in [3.8, 4) is 5.75 Å². The second-order valence-corrected chi connectivity index (χ2v) is 6.67. The maximum atomic E-state index is 5.74. The Bertz CT molecular complexity index is 689. The van der Waals surface area contributed by atoms with E-state index in [9.17, 15) is 0 Å². The zero-order chi connectivity index (χ0) is 17.6. The highest BCUT2D eigenvalue weighted by Crippen LogP contribution is 2.22. The summed E-state index contributed by atoms with van der Waals surface area (Å²) in [6.07, 6.45) is 0. The van der Waals surface area contributed by atoms with Crippen LogP contribution < -0.4 is 15.0 Å². The minimum Gasteiger partial charge on any atom is -0.497 e. The molecule has 0 aromatic heterocycles. The molecule has 134 valence electrons. The molecule has 0 amide bonds. The Labute approximate surface area is 150 Å². The number of benzene rings is 2. The summed E-state index contributed by atoms with van der Waals surface area (Å²) in [4.78, 5) is 2.46. The molecule has 1 N–H and O–H groups in total. The van der Waals surface area contributed by atoms with Gasteiger partial charge in [-0.2, -0.15) is 0 Å². The molecule has 1 saturated heterocycles. The zero-order valence-electron chi connectivity index (χ0n) is 15.4. The van der Waals surface area contributed by atoms with Crippen molar-refractivity contribution in [2.75, 3.05) is 38.3 Å². The van der Waals surface area contributed by atoms with E-state index in [2.05, 4.69) is 60.5 Å². The van der Waals surface area contributed by atoms with E-state index in [4.69, 9.17) is 9.47 Å². The van der Waals surface area contributed by atoms with E-state index in [1.807, 2.05) is 12.1 Å². The van der Waals surface area contributed by atoms with Crippen LogP contribution in [-0.4, -0.2) is 39.5 Å². The molecule has 4 nitrogen and oxygen atoms in total. The lowest BCUT2D eigenvalue weighted by Crippen LogP contribution is -2.50. The van der Waals surface area contributed by atoms with Crippen LogP contribution in [0.1, 0.15) is 24.1 Å². The highest BCUT2D eigenvalue weighted by molar-refractivity contribution is 5.50. The molecule has 1 heterocycles. The summed E-state index contributed by atoms with van der Waals surface area (Å²) in [6, 6.07) is 17.6. The molecule has 4 heteroatoms. The van der Waals surface area contributed by atoms with E-state index in [0.717, 1.165) is 32.1 Å². The van der Waals surface area contributed by atoms with E-state index < -0.39 is 0 Å². The Kier molecular flexibility index (Phi) is 5.95. The molecule has 1 aliphatic rings. The van der Waals surface area contributed by atoms with Crippen molar-refractivity contribution in [2.24, 2.45) is 0 Å². The van der Waals surface area contributed by atoms with Crippen molar-refractivity contribution in [3.05, 3.63) is 59.7 Å². The summed E-state index contributed by atoms with van der Waals surface area (Å²) >= 11 is 0. The molecule has 1 unspecified atom stereocenters. The summed E-state index contributed by atoms with van der Waals surface area (Å²) in [5.41, 5.74) is 3.81. The SMILES string of the molecule is COc1cccc([C@@H](C)NCC2COCCN2c2cccc(C)c2)c1. The van der Waals surface area contributed by atoms with Gasteiger partial charge in [0.1, 0.15) is 5.75 Å². The molecule has 2 aromatic carbocycles. The van der Waals surface area contributed by atoms with E-state index in [0.29, 0.717) is 6.04 Å². The van der Waals surface area contributed by atoms with Gasteiger partial charge in [-0.15, -0.1) is 0 Å². The van der Waals surface area contributed by atoms with Crippen LogP contribution in [0, 0.1) is 6.92 Å². The lowest BCUT2D eigenvalue weighted by Gasteiger charge is -2.38. The van der Waals surface area contributed by atoms with Crippen LogP contribution in [0.4, 0.5) is 5.69 Å². The number of nitrogens with zero attached hydrogens (tertiary/aromatic N) is 1. The normalized spacial score (nSPS) is 18.8. The van der Waals surface area contributed by atoms with Gasteiger partial charge in [-0.3, -0.25) is 0 Å². The molecule has 1 aliphatic heterocycles. The fourth-order valence-corrected chi connectivity index (χ4v) is 3.31. The monoisotopic (exact) mass is 340 g/mol. The van der Waals surface area contributed by atoms with Gasteiger partial charge in [0.05, 0.1) is 26.4 Å². The molecule has 2 atom stereocenters. The van der Waals surface area contributed by atoms with Crippen LogP contribution in [0.5, 0.6) is 5.75 Å². The number of anilines is 1. The van der Waals surface area contributed by atoms with Gasteiger partial charge >= 0.3 is 0 Å². The summed E-state index contributed by atoms with van der Waals surface area (Å²) in [7, 11) is 1.70. The summed E-state index contributed by atoms with van der Waals surface area (Å²) in [6.45, 7) is 7.69. The summed E-state index contributed by atoms with van der Waals surface area (Å²) in [5, 5.41) is 3.66. The smallest absolute Gasteiger partial charge is 0.119 e. The number of methoxy groups -OCH3 is 1. The highest BCUT2D eigenvalue weighted by atomic mass is 16.5. The second-order valence-electron chi connectivity index (χ2n) is 6.67. The van der Waals surface area contributed by atoms with E-state index in [1.54, 1.807) is 7.11 Å². The number of nitrogens with one attached hydrogen (secondary N) is 1. The number of ether oxygens (including phenoxy) is 2. The molecule has 0 saturated carbocycles. The highest BCUT2D eigenvalue weighted by Gasteiger charge is 2.23. The third kappa shape index (κ3) is 4.53. The fraction of sp³-hybridized carbons (Fsp3) is 0.429. The van der Waals surface area contributed by atoms with Crippen molar-refractivity contribution in [3.63, 3.8) is 0 Å².